The number of rotatable bonds is 9. The molecule has 1 saturated carbocycles. The third-order valence-corrected chi connectivity index (χ3v) is 6.31. The van der Waals surface area contributed by atoms with Gasteiger partial charge in [-0.25, -0.2) is 19.5 Å². The second-order valence-electron chi connectivity index (χ2n) is 8.51. The number of nitrogens with two attached hydrogens (primary N) is 1. The Kier molecular flexibility index (Phi) is 7.21. The number of aliphatic hydroxyl groups excluding tert-OH is 1. The highest BCUT2D eigenvalue weighted by Crippen LogP contribution is 2.30. The Morgan fingerprint density at radius 2 is 2.14 bits per heavy atom. The number of hydrogen-bond donors (Lipinski definition) is 3. The molecule has 0 radical (unpaired) electrons. The Morgan fingerprint density at radius 3 is 2.89 bits per heavy atom. The van der Waals surface area contributed by atoms with Gasteiger partial charge in [-0.3, -0.25) is 13.7 Å². The minimum Gasteiger partial charge on any atom is -0.393 e. The Morgan fingerprint density at radius 1 is 1.34 bits per heavy atom. The molecule has 11 nitrogen and oxygen atoms in total. The Labute approximate surface area is 201 Å². The molecule has 35 heavy (non-hydrogen) atoms. The Bertz CT molecular complexity index is 1330. The van der Waals surface area contributed by atoms with Gasteiger partial charge < -0.3 is 10.4 Å². The highest BCUT2D eigenvalue weighted by Gasteiger charge is 2.34. The standard InChI is InChI=1S/C22H25FN6O5S/c1-13-6-14(2-3-18(13)23)10-29-5-4-19(28-29)21(31)17-9-25-12-26-22(17)27-16-7-15(20(30)8-16)11-34-35(24,32)33/h2-6,9,12,15-16,20,30H,7-8,10-11H2,1H3,(H2,24,32,33)(H,25,26,27)/t15-,16-,20+/m1/s1. The first-order valence-corrected chi connectivity index (χ1v) is 12.3. The van der Waals surface area contributed by atoms with E-state index in [2.05, 4.69) is 24.6 Å². The zero-order valence-electron chi connectivity index (χ0n) is 18.8. The lowest BCUT2D eigenvalue weighted by atomic mass is 10.1. The van der Waals surface area contributed by atoms with Gasteiger partial charge in [0, 0.05) is 24.4 Å². The highest BCUT2D eigenvalue weighted by molar-refractivity contribution is 7.84. The van der Waals surface area contributed by atoms with E-state index in [0.717, 1.165) is 5.56 Å². The molecule has 4 N–H and O–H groups in total. The highest BCUT2D eigenvalue weighted by atomic mass is 32.2. The van der Waals surface area contributed by atoms with Crippen molar-refractivity contribution in [1.29, 1.82) is 0 Å². The lowest BCUT2D eigenvalue weighted by Gasteiger charge is -2.15. The second-order valence-corrected chi connectivity index (χ2v) is 9.73. The quantitative estimate of drug-likeness (QED) is 0.363. The van der Waals surface area contributed by atoms with Crippen LogP contribution in [-0.4, -0.2) is 57.8 Å². The maximum absolute atomic E-state index is 13.5. The average Bonchev–Trinajstić information content (AvgIpc) is 3.40. The number of benzene rings is 1. The molecule has 2 aromatic heterocycles. The monoisotopic (exact) mass is 504 g/mol. The molecule has 1 fully saturated rings. The molecule has 186 valence electrons. The predicted octanol–water partition coefficient (Wildman–Crippen LogP) is 1.17. The summed E-state index contributed by atoms with van der Waals surface area (Å²) in [5.41, 5.74) is 1.76. The maximum Gasteiger partial charge on any atom is 0.333 e. The topological polar surface area (TPSA) is 162 Å². The number of halogens is 1. The van der Waals surface area contributed by atoms with Crippen molar-refractivity contribution >= 4 is 21.9 Å². The summed E-state index contributed by atoms with van der Waals surface area (Å²) >= 11 is 0. The fraction of sp³-hybridized carbons (Fsp3) is 0.364. The van der Waals surface area contributed by atoms with Gasteiger partial charge in [-0.15, -0.1) is 0 Å². The average molecular weight is 505 g/mol. The summed E-state index contributed by atoms with van der Waals surface area (Å²) in [6.45, 7) is 1.81. The molecule has 0 unspecified atom stereocenters. The van der Waals surface area contributed by atoms with Crippen molar-refractivity contribution in [3.8, 4) is 0 Å². The summed E-state index contributed by atoms with van der Waals surface area (Å²) in [4.78, 5) is 21.3. The first-order chi connectivity index (χ1) is 16.6. The molecule has 0 saturated heterocycles. The minimum absolute atomic E-state index is 0.188. The summed E-state index contributed by atoms with van der Waals surface area (Å²) in [5.74, 6) is -0.849. The molecule has 0 bridgehead atoms. The van der Waals surface area contributed by atoms with Crippen molar-refractivity contribution in [2.24, 2.45) is 11.1 Å². The van der Waals surface area contributed by atoms with Crippen molar-refractivity contribution in [1.82, 2.24) is 19.7 Å². The van der Waals surface area contributed by atoms with E-state index < -0.39 is 28.1 Å². The molecule has 1 aromatic carbocycles. The summed E-state index contributed by atoms with van der Waals surface area (Å²) in [5, 5.41) is 22.6. The third-order valence-electron chi connectivity index (χ3n) is 5.84. The molecule has 1 aliphatic carbocycles. The van der Waals surface area contributed by atoms with Gasteiger partial charge in [-0.05, 0) is 43.0 Å². The van der Waals surface area contributed by atoms with Gasteiger partial charge >= 0.3 is 10.3 Å². The molecule has 1 aliphatic rings. The maximum atomic E-state index is 13.5. The molecule has 2 heterocycles. The SMILES string of the molecule is Cc1cc(Cn2ccc(C(=O)c3cncnc3N[C@@H]3C[C@H](COS(N)(=O)=O)[C@@H](O)C3)n2)ccc1F. The van der Waals surface area contributed by atoms with Gasteiger partial charge in [0.05, 0.1) is 24.8 Å². The summed E-state index contributed by atoms with van der Waals surface area (Å²) < 4.78 is 41.8. The van der Waals surface area contributed by atoms with Crippen molar-refractivity contribution in [3.05, 3.63) is 71.2 Å². The van der Waals surface area contributed by atoms with Crippen LogP contribution in [0, 0.1) is 18.7 Å². The van der Waals surface area contributed by atoms with E-state index in [1.807, 2.05) is 0 Å². The van der Waals surface area contributed by atoms with Gasteiger partial charge in [0.15, 0.2) is 0 Å². The van der Waals surface area contributed by atoms with E-state index in [4.69, 9.17) is 5.14 Å². The number of carbonyl (C=O) groups is 1. The molecule has 0 spiro atoms. The van der Waals surface area contributed by atoms with Gasteiger partial charge in [-0.1, -0.05) is 12.1 Å². The lowest BCUT2D eigenvalue weighted by molar-refractivity contribution is 0.101. The normalized spacial score (nSPS) is 20.2. The van der Waals surface area contributed by atoms with E-state index in [-0.39, 0.29) is 35.5 Å². The van der Waals surface area contributed by atoms with Crippen LogP contribution in [0.5, 0.6) is 0 Å². The van der Waals surface area contributed by atoms with Gasteiger partial charge in [-0.2, -0.15) is 13.5 Å². The molecular formula is C22H25FN6O5S. The number of nitrogens with one attached hydrogen (secondary N) is 1. The number of nitrogens with zero attached hydrogens (tertiary/aromatic N) is 4. The van der Waals surface area contributed by atoms with Crippen LogP contribution in [0.3, 0.4) is 0 Å². The smallest absolute Gasteiger partial charge is 0.333 e. The minimum atomic E-state index is -4.10. The summed E-state index contributed by atoms with van der Waals surface area (Å²) in [6, 6.07) is 6.08. The van der Waals surface area contributed by atoms with Crippen LogP contribution >= 0.6 is 0 Å². The summed E-state index contributed by atoms with van der Waals surface area (Å²) in [7, 11) is -4.10. The van der Waals surface area contributed by atoms with Gasteiger partial charge in [0.1, 0.15) is 23.7 Å². The van der Waals surface area contributed by atoms with E-state index in [0.29, 0.717) is 24.9 Å². The summed E-state index contributed by atoms with van der Waals surface area (Å²) in [6.07, 6.45) is 4.23. The van der Waals surface area contributed by atoms with Crippen LogP contribution in [-0.2, 0) is 21.0 Å². The number of aliphatic hydroxyl groups is 1. The second kappa shape index (κ2) is 10.2. The Hall–Kier alpha value is -3.26. The molecule has 13 heteroatoms. The largest absolute Gasteiger partial charge is 0.393 e. The number of aromatic nitrogens is 4. The molecule has 0 amide bonds. The van der Waals surface area contributed by atoms with Crippen molar-refractivity contribution in [3.63, 3.8) is 0 Å². The third kappa shape index (κ3) is 6.25. The first-order valence-electron chi connectivity index (χ1n) is 10.8. The molecular weight excluding hydrogens is 479 g/mol. The number of hydrogen-bond acceptors (Lipinski definition) is 9. The van der Waals surface area contributed by atoms with Crippen LogP contribution < -0.4 is 10.5 Å². The number of ketones is 1. The van der Waals surface area contributed by atoms with Crippen LogP contribution in [0.15, 0.2) is 43.0 Å². The zero-order valence-corrected chi connectivity index (χ0v) is 19.7. The molecule has 0 aliphatic heterocycles. The van der Waals surface area contributed by atoms with Crippen LogP contribution in [0.4, 0.5) is 10.2 Å². The van der Waals surface area contributed by atoms with E-state index in [1.165, 1.54) is 18.6 Å². The lowest BCUT2D eigenvalue weighted by Crippen LogP contribution is -2.24. The predicted molar refractivity (Wildman–Crippen MR) is 123 cm³/mol. The van der Waals surface area contributed by atoms with Gasteiger partial charge in [0.2, 0.25) is 5.78 Å². The van der Waals surface area contributed by atoms with E-state index >= 15 is 0 Å². The van der Waals surface area contributed by atoms with Crippen LogP contribution in [0.25, 0.3) is 0 Å². The van der Waals surface area contributed by atoms with Crippen molar-refractivity contribution in [2.75, 3.05) is 11.9 Å². The van der Waals surface area contributed by atoms with E-state index in [1.54, 1.807) is 36.0 Å². The van der Waals surface area contributed by atoms with E-state index in [9.17, 15) is 22.7 Å². The first kappa shape index (κ1) is 24.9. The molecule has 4 rings (SSSR count). The van der Waals surface area contributed by atoms with Crippen LogP contribution in [0.1, 0.15) is 40.0 Å². The molecule has 3 aromatic rings. The number of carbonyl (C=O) groups excluding carboxylic acids is 1. The zero-order chi connectivity index (χ0) is 25.2. The fourth-order valence-corrected chi connectivity index (χ4v) is 4.45. The van der Waals surface area contributed by atoms with Crippen molar-refractivity contribution < 1.29 is 26.9 Å². The molecule has 3 atom stereocenters. The van der Waals surface area contributed by atoms with Gasteiger partial charge in [0.25, 0.3) is 0 Å². The number of aryl methyl sites for hydroxylation is 1. The van der Waals surface area contributed by atoms with Crippen LogP contribution in [0.2, 0.25) is 0 Å². The Balaban J connectivity index is 1.44. The number of anilines is 1. The van der Waals surface area contributed by atoms with Crippen molar-refractivity contribution in [2.45, 2.75) is 38.5 Å². The fourth-order valence-electron chi connectivity index (χ4n) is 4.09.